The highest BCUT2D eigenvalue weighted by Crippen LogP contribution is 2.24. The van der Waals surface area contributed by atoms with E-state index in [2.05, 4.69) is 5.32 Å². The van der Waals surface area contributed by atoms with Crippen LogP contribution in [0, 0.1) is 0 Å². The molecule has 1 fully saturated rings. The summed E-state index contributed by atoms with van der Waals surface area (Å²) < 4.78 is 0. The van der Waals surface area contributed by atoms with Crippen LogP contribution in [0.25, 0.3) is 0 Å². The van der Waals surface area contributed by atoms with Crippen LogP contribution in [0.1, 0.15) is 24.9 Å². The fraction of sp³-hybridized carbons (Fsp3) is 0.429. The Kier molecular flexibility index (Phi) is 4.39. The monoisotopic (exact) mass is 312 g/mol. The van der Waals surface area contributed by atoms with Gasteiger partial charge in [0.1, 0.15) is 0 Å². The number of nitrogens with zero attached hydrogens (tertiary/aromatic N) is 1. The summed E-state index contributed by atoms with van der Waals surface area (Å²) in [6.07, 6.45) is 0.463. The maximum Gasteiger partial charge on any atom is 0.331 e. The summed E-state index contributed by atoms with van der Waals surface area (Å²) in [5.41, 5.74) is -0.605. The van der Waals surface area contributed by atoms with Gasteiger partial charge in [0.15, 0.2) is 6.04 Å². The average Bonchev–Trinajstić information content (AvgIpc) is 2.77. The largest absolute Gasteiger partial charge is 0.479 e. The highest BCUT2D eigenvalue weighted by atomic mass is 35.5. The molecule has 0 saturated carbocycles. The highest BCUT2D eigenvalue weighted by molar-refractivity contribution is 6.31. The second-order valence-electron chi connectivity index (χ2n) is 5.41. The van der Waals surface area contributed by atoms with Crippen molar-refractivity contribution in [2.24, 2.45) is 0 Å². The summed E-state index contributed by atoms with van der Waals surface area (Å²) in [5.74, 6) is -1.19. The molecule has 0 radical (unpaired) electrons. The SMILES string of the molecule is CC1(O)CCN(C(=O)N[C@@H](C(=O)O)c2ccccc2Cl)C1. The average molecular weight is 313 g/mol. The molecule has 1 aromatic rings. The number of carbonyl (C=O) groups excluding carboxylic acids is 1. The Morgan fingerprint density at radius 3 is 2.62 bits per heavy atom. The van der Waals surface area contributed by atoms with E-state index in [9.17, 15) is 19.8 Å². The smallest absolute Gasteiger partial charge is 0.331 e. The number of benzene rings is 1. The third-order valence-electron chi connectivity index (χ3n) is 3.47. The number of halogens is 1. The number of hydrogen-bond acceptors (Lipinski definition) is 3. The molecule has 0 aromatic heterocycles. The second kappa shape index (κ2) is 5.91. The van der Waals surface area contributed by atoms with Gasteiger partial charge in [-0.1, -0.05) is 29.8 Å². The standard InChI is InChI=1S/C14H17ClN2O4/c1-14(21)6-7-17(8-14)13(20)16-11(12(18)19)9-4-2-3-5-10(9)15/h2-5,11,21H,6-8H2,1H3,(H,16,20)(H,18,19)/t11-,14?/m1/s1. The first-order chi connectivity index (χ1) is 9.80. The molecule has 3 N–H and O–H groups in total. The Morgan fingerprint density at radius 1 is 1.43 bits per heavy atom. The number of carboxylic acids is 1. The molecule has 2 atom stereocenters. The summed E-state index contributed by atoms with van der Waals surface area (Å²) in [4.78, 5) is 24.9. The van der Waals surface area contributed by atoms with Gasteiger partial charge in [-0.15, -0.1) is 0 Å². The molecule has 1 aliphatic heterocycles. The number of carbonyl (C=O) groups is 2. The van der Waals surface area contributed by atoms with Crippen molar-refractivity contribution in [2.45, 2.75) is 25.0 Å². The lowest BCUT2D eigenvalue weighted by molar-refractivity contribution is -0.139. The molecule has 114 valence electrons. The topological polar surface area (TPSA) is 89.9 Å². The van der Waals surface area contributed by atoms with Crippen molar-refractivity contribution in [3.63, 3.8) is 0 Å². The van der Waals surface area contributed by atoms with Gasteiger partial charge in [0, 0.05) is 17.1 Å². The van der Waals surface area contributed by atoms with Crippen LogP contribution < -0.4 is 5.32 Å². The Bertz CT molecular complexity index is 562. The zero-order chi connectivity index (χ0) is 15.6. The molecule has 0 aliphatic carbocycles. The van der Waals surface area contributed by atoms with Crippen molar-refractivity contribution in [1.82, 2.24) is 10.2 Å². The molecule has 21 heavy (non-hydrogen) atoms. The van der Waals surface area contributed by atoms with Crippen LogP contribution in [0.2, 0.25) is 5.02 Å². The summed E-state index contributed by atoms with van der Waals surface area (Å²) >= 11 is 5.98. The van der Waals surface area contributed by atoms with E-state index in [-0.39, 0.29) is 11.6 Å². The second-order valence-corrected chi connectivity index (χ2v) is 5.82. The van der Waals surface area contributed by atoms with Gasteiger partial charge in [0.05, 0.1) is 12.1 Å². The lowest BCUT2D eigenvalue weighted by Crippen LogP contribution is -2.44. The summed E-state index contributed by atoms with van der Waals surface area (Å²) in [5, 5.41) is 21.9. The first-order valence-electron chi connectivity index (χ1n) is 6.55. The van der Waals surface area contributed by atoms with Gasteiger partial charge < -0.3 is 20.4 Å². The molecule has 0 bridgehead atoms. The van der Waals surface area contributed by atoms with Crippen LogP contribution >= 0.6 is 11.6 Å². The van der Waals surface area contributed by atoms with Gasteiger partial charge in [-0.2, -0.15) is 0 Å². The third kappa shape index (κ3) is 3.65. The number of nitrogens with one attached hydrogen (secondary N) is 1. The molecular formula is C14H17ClN2O4. The highest BCUT2D eigenvalue weighted by Gasteiger charge is 2.35. The van der Waals surface area contributed by atoms with Gasteiger partial charge >= 0.3 is 12.0 Å². The number of β-amino-alcohol motifs (C(OH)–C–C–N with tert-alkyl or cyclic N) is 1. The van der Waals surface area contributed by atoms with Crippen molar-refractivity contribution in [3.05, 3.63) is 34.9 Å². The van der Waals surface area contributed by atoms with E-state index in [1.54, 1.807) is 31.2 Å². The van der Waals surface area contributed by atoms with E-state index in [1.807, 2.05) is 0 Å². The third-order valence-corrected chi connectivity index (χ3v) is 3.81. The van der Waals surface area contributed by atoms with Crippen molar-refractivity contribution in [3.8, 4) is 0 Å². The van der Waals surface area contributed by atoms with Crippen molar-refractivity contribution in [2.75, 3.05) is 13.1 Å². The van der Waals surface area contributed by atoms with Gasteiger partial charge in [0.2, 0.25) is 0 Å². The van der Waals surface area contributed by atoms with Gasteiger partial charge in [-0.05, 0) is 19.4 Å². The fourth-order valence-electron chi connectivity index (χ4n) is 2.31. The van der Waals surface area contributed by atoms with Gasteiger partial charge in [-0.3, -0.25) is 0 Å². The van der Waals surface area contributed by atoms with Crippen LogP contribution in [0.4, 0.5) is 4.79 Å². The normalized spacial score (nSPS) is 22.9. The molecule has 1 unspecified atom stereocenters. The summed E-state index contributed by atoms with van der Waals surface area (Å²) in [7, 11) is 0. The zero-order valence-electron chi connectivity index (χ0n) is 11.5. The van der Waals surface area contributed by atoms with Gasteiger partial charge in [0.25, 0.3) is 0 Å². The van der Waals surface area contributed by atoms with Crippen LogP contribution in [-0.4, -0.2) is 45.8 Å². The van der Waals surface area contributed by atoms with E-state index >= 15 is 0 Å². The molecule has 2 amide bonds. The van der Waals surface area contributed by atoms with Gasteiger partial charge in [-0.25, -0.2) is 9.59 Å². The number of carboxylic acid groups (broad SMARTS) is 1. The number of aliphatic carboxylic acids is 1. The Balaban J connectivity index is 2.13. The number of hydrogen-bond donors (Lipinski definition) is 3. The van der Waals surface area contributed by atoms with E-state index in [0.717, 1.165) is 0 Å². The molecule has 1 aliphatic rings. The molecule has 0 spiro atoms. The van der Waals surface area contributed by atoms with Crippen molar-refractivity contribution >= 4 is 23.6 Å². The zero-order valence-corrected chi connectivity index (χ0v) is 12.3. The quantitative estimate of drug-likeness (QED) is 0.791. The number of likely N-dealkylation sites (tertiary alicyclic amines) is 1. The molecule has 1 heterocycles. The van der Waals surface area contributed by atoms with Crippen LogP contribution in [0.15, 0.2) is 24.3 Å². The maximum atomic E-state index is 12.1. The number of amides is 2. The van der Waals surface area contributed by atoms with Crippen LogP contribution in [0.5, 0.6) is 0 Å². The lowest BCUT2D eigenvalue weighted by Gasteiger charge is -2.22. The first kappa shape index (κ1) is 15.6. The Morgan fingerprint density at radius 2 is 2.10 bits per heavy atom. The molecular weight excluding hydrogens is 296 g/mol. The van der Waals surface area contributed by atoms with E-state index < -0.39 is 23.6 Å². The Labute approximate surface area is 127 Å². The maximum absolute atomic E-state index is 12.1. The molecule has 2 rings (SSSR count). The number of urea groups is 1. The minimum Gasteiger partial charge on any atom is -0.479 e. The molecule has 1 saturated heterocycles. The fourth-order valence-corrected chi connectivity index (χ4v) is 2.56. The lowest BCUT2D eigenvalue weighted by atomic mass is 10.1. The molecule has 7 heteroatoms. The molecule has 6 nitrogen and oxygen atoms in total. The predicted octanol–water partition coefficient (Wildman–Crippen LogP) is 1.63. The molecule has 1 aromatic carbocycles. The Hall–Kier alpha value is -1.79. The minimum atomic E-state index is -1.23. The first-order valence-corrected chi connectivity index (χ1v) is 6.93. The van der Waals surface area contributed by atoms with Crippen molar-refractivity contribution in [1.29, 1.82) is 0 Å². The predicted molar refractivity (Wildman–Crippen MR) is 77.2 cm³/mol. The van der Waals surface area contributed by atoms with E-state index in [4.69, 9.17) is 11.6 Å². The van der Waals surface area contributed by atoms with E-state index in [0.29, 0.717) is 18.5 Å². The van der Waals surface area contributed by atoms with Crippen LogP contribution in [0.3, 0.4) is 0 Å². The minimum absolute atomic E-state index is 0.174. The summed E-state index contributed by atoms with van der Waals surface area (Å²) in [6, 6.07) is 4.71. The summed E-state index contributed by atoms with van der Waals surface area (Å²) in [6.45, 7) is 2.20. The van der Waals surface area contributed by atoms with Crippen molar-refractivity contribution < 1.29 is 19.8 Å². The van der Waals surface area contributed by atoms with E-state index in [1.165, 1.54) is 4.90 Å². The number of aliphatic hydroxyl groups is 1. The number of rotatable bonds is 3. The van der Waals surface area contributed by atoms with Crippen LogP contribution in [-0.2, 0) is 4.79 Å².